The van der Waals surface area contributed by atoms with E-state index in [0.29, 0.717) is 5.56 Å². The van der Waals surface area contributed by atoms with Crippen LogP contribution in [0.5, 0.6) is 11.5 Å². The number of likely N-dealkylation sites (tertiary alicyclic amines) is 1. The number of benzene rings is 1. The Bertz CT molecular complexity index is 688. The van der Waals surface area contributed by atoms with Crippen molar-refractivity contribution in [2.24, 2.45) is 0 Å². The van der Waals surface area contributed by atoms with Crippen molar-refractivity contribution >= 4 is 5.91 Å². The maximum absolute atomic E-state index is 12.8. The fourth-order valence-corrected chi connectivity index (χ4v) is 3.08. The molecular weight excluding hydrogens is 292 g/mol. The minimum atomic E-state index is 0.0125. The lowest BCUT2D eigenvalue weighted by Crippen LogP contribution is -2.30. The van der Waals surface area contributed by atoms with Gasteiger partial charge in [0.05, 0.1) is 25.8 Å². The number of carbonyl (C=O) groups is 1. The quantitative estimate of drug-likeness (QED) is 0.870. The minimum Gasteiger partial charge on any atom is -0.497 e. The molecule has 1 amide bonds. The molecule has 1 atom stereocenters. The number of pyridine rings is 1. The highest BCUT2D eigenvalue weighted by Crippen LogP contribution is 2.39. The van der Waals surface area contributed by atoms with Gasteiger partial charge in [0.1, 0.15) is 11.5 Å². The summed E-state index contributed by atoms with van der Waals surface area (Å²) in [6.45, 7) is 0.744. The van der Waals surface area contributed by atoms with Crippen LogP contribution in [0.1, 0.15) is 34.8 Å². The molecule has 1 aliphatic heterocycles. The molecule has 0 unspecified atom stereocenters. The lowest BCUT2D eigenvalue weighted by molar-refractivity contribution is 0.0733. The topological polar surface area (TPSA) is 51.7 Å². The molecule has 1 aromatic carbocycles. The molecule has 2 aromatic rings. The minimum absolute atomic E-state index is 0.0125. The van der Waals surface area contributed by atoms with Gasteiger partial charge in [0.25, 0.3) is 5.91 Å². The van der Waals surface area contributed by atoms with Gasteiger partial charge in [0, 0.05) is 30.6 Å². The average Bonchev–Trinajstić information content (AvgIpc) is 3.10. The molecule has 0 bridgehead atoms. The molecule has 23 heavy (non-hydrogen) atoms. The highest BCUT2D eigenvalue weighted by molar-refractivity contribution is 5.94. The predicted molar refractivity (Wildman–Crippen MR) is 86.8 cm³/mol. The van der Waals surface area contributed by atoms with Gasteiger partial charge in [-0.2, -0.15) is 0 Å². The van der Waals surface area contributed by atoms with Gasteiger partial charge in [-0.15, -0.1) is 0 Å². The van der Waals surface area contributed by atoms with Gasteiger partial charge in [-0.1, -0.05) is 0 Å². The molecular formula is C18H20N2O3. The van der Waals surface area contributed by atoms with E-state index >= 15 is 0 Å². The van der Waals surface area contributed by atoms with Crippen molar-refractivity contribution in [3.63, 3.8) is 0 Å². The van der Waals surface area contributed by atoms with E-state index in [0.717, 1.165) is 36.4 Å². The van der Waals surface area contributed by atoms with Gasteiger partial charge in [-0.25, -0.2) is 0 Å². The number of rotatable bonds is 4. The summed E-state index contributed by atoms with van der Waals surface area (Å²) in [5.74, 6) is 1.51. The van der Waals surface area contributed by atoms with Gasteiger partial charge in [0.2, 0.25) is 0 Å². The second-order valence-electron chi connectivity index (χ2n) is 5.51. The fraction of sp³-hybridized carbons (Fsp3) is 0.333. The molecule has 0 radical (unpaired) electrons. The van der Waals surface area contributed by atoms with Gasteiger partial charge < -0.3 is 14.4 Å². The van der Waals surface area contributed by atoms with Gasteiger partial charge >= 0.3 is 0 Å². The normalized spacial score (nSPS) is 17.1. The molecule has 1 aromatic heterocycles. The maximum Gasteiger partial charge on any atom is 0.255 e. The standard InChI is InChI=1S/C18H20N2O3/c1-22-14-7-8-15(17(11-14)23-2)16-6-4-10-20(16)18(21)13-5-3-9-19-12-13/h3,5,7-9,11-12,16H,4,6,10H2,1-2H3/t16-/m1/s1. The largest absolute Gasteiger partial charge is 0.497 e. The molecule has 5 heteroatoms. The van der Waals surface area contributed by atoms with Crippen LogP contribution < -0.4 is 9.47 Å². The van der Waals surface area contributed by atoms with E-state index < -0.39 is 0 Å². The Morgan fingerprint density at radius 3 is 2.83 bits per heavy atom. The summed E-state index contributed by atoms with van der Waals surface area (Å²) in [6, 6.07) is 9.35. The van der Waals surface area contributed by atoms with Gasteiger partial charge in [-0.3, -0.25) is 9.78 Å². The summed E-state index contributed by atoms with van der Waals surface area (Å²) in [4.78, 5) is 18.7. The van der Waals surface area contributed by atoms with Crippen LogP contribution in [0.4, 0.5) is 0 Å². The maximum atomic E-state index is 12.8. The van der Waals surface area contributed by atoms with Crippen LogP contribution >= 0.6 is 0 Å². The Kier molecular flexibility index (Phi) is 4.46. The Hall–Kier alpha value is -2.56. The lowest BCUT2D eigenvalue weighted by atomic mass is 10.0. The number of hydrogen-bond acceptors (Lipinski definition) is 4. The van der Waals surface area contributed by atoms with Crippen LogP contribution in [0.15, 0.2) is 42.7 Å². The highest BCUT2D eigenvalue weighted by Gasteiger charge is 2.32. The van der Waals surface area contributed by atoms with Gasteiger partial charge in [-0.05, 0) is 37.1 Å². The number of carbonyl (C=O) groups excluding carboxylic acids is 1. The first kappa shape index (κ1) is 15.3. The van der Waals surface area contributed by atoms with Crippen molar-refractivity contribution < 1.29 is 14.3 Å². The third-order valence-corrected chi connectivity index (χ3v) is 4.22. The number of nitrogens with zero attached hydrogens (tertiary/aromatic N) is 2. The Labute approximate surface area is 135 Å². The molecule has 0 N–H and O–H groups in total. The Balaban J connectivity index is 1.91. The van der Waals surface area contributed by atoms with Crippen molar-refractivity contribution in [2.75, 3.05) is 20.8 Å². The molecule has 3 rings (SSSR count). The van der Waals surface area contributed by atoms with E-state index in [9.17, 15) is 4.79 Å². The van der Waals surface area contributed by atoms with E-state index in [2.05, 4.69) is 4.98 Å². The second kappa shape index (κ2) is 6.69. The summed E-state index contributed by atoms with van der Waals surface area (Å²) in [6.07, 6.45) is 5.19. The molecule has 5 nitrogen and oxygen atoms in total. The van der Waals surface area contributed by atoms with E-state index in [-0.39, 0.29) is 11.9 Å². The van der Waals surface area contributed by atoms with Crippen LogP contribution in [-0.4, -0.2) is 36.6 Å². The van der Waals surface area contributed by atoms with Crippen molar-refractivity contribution in [1.82, 2.24) is 9.88 Å². The third kappa shape index (κ3) is 2.99. The fourth-order valence-electron chi connectivity index (χ4n) is 3.08. The average molecular weight is 312 g/mol. The number of methoxy groups -OCH3 is 2. The van der Waals surface area contributed by atoms with E-state index in [4.69, 9.17) is 9.47 Å². The third-order valence-electron chi connectivity index (χ3n) is 4.22. The van der Waals surface area contributed by atoms with E-state index in [1.807, 2.05) is 23.1 Å². The SMILES string of the molecule is COc1ccc([C@H]2CCCN2C(=O)c2cccnc2)c(OC)c1. The molecule has 0 aliphatic carbocycles. The van der Waals surface area contributed by atoms with Crippen molar-refractivity contribution in [3.8, 4) is 11.5 Å². The van der Waals surface area contributed by atoms with Crippen LogP contribution in [0.2, 0.25) is 0 Å². The number of aromatic nitrogens is 1. The van der Waals surface area contributed by atoms with Crippen LogP contribution in [-0.2, 0) is 0 Å². The Morgan fingerprint density at radius 2 is 2.13 bits per heavy atom. The number of amides is 1. The molecule has 120 valence electrons. The lowest BCUT2D eigenvalue weighted by Gasteiger charge is -2.26. The van der Waals surface area contributed by atoms with Crippen LogP contribution in [0, 0.1) is 0 Å². The summed E-state index contributed by atoms with van der Waals surface area (Å²) >= 11 is 0. The van der Waals surface area contributed by atoms with Crippen LogP contribution in [0.25, 0.3) is 0 Å². The zero-order chi connectivity index (χ0) is 16.2. The summed E-state index contributed by atoms with van der Waals surface area (Å²) in [5, 5.41) is 0. The van der Waals surface area contributed by atoms with Crippen LogP contribution in [0.3, 0.4) is 0 Å². The van der Waals surface area contributed by atoms with Crippen molar-refractivity contribution in [1.29, 1.82) is 0 Å². The van der Waals surface area contributed by atoms with Crippen molar-refractivity contribution in [2.45, 2.75) is 18.9 Å². The zero-order valence-electron chi connectivity index (χ0n) is 13.4. The number of hydrogen-bond donors (Lipinski definition) is 0. The summed E-state index contributed by atoms with van der Waals surface area (Å²) in [5.41, 5.74) is 1.63. The predicted octanol–water partition coefficient (Wildman–Crippen LogP) is 3.08. The molecule has 2 heterocycles. The monoisotopic (exact) mass is 312 g/mol. The molecule has 1 saturated heterocycles. The molecule has 1 aliphatic rings. The molecule has 0 spiro atoms. The molecule has 1 fully saturated rings. The summed E-state index contributed by atoms with van der Waals surface area (Å²) in [7, 11) is 3.27. The highest BCUT2D eigenvalue weighted by atomic mass is 16.5. The smallest absolute Gasteiger partial charge is 0.255 e. The first-order chi connectivity index (χ1) is 11.2. The van der Waals surface area contributed by atoms with Crippen molar-refractivity contribution in [3.05, 3.63) is 53.9 Å². The first-order valence-electron chi connectivity index (χ1n) is 7.67. The summed E-state index contributed by atoms with van der Waals surface area (Å²) < 4.78 is 10.8. The Morgan fingerprint density at radius 1 is 1.26 bits per heavy atom. The van der Waals surface area contributed by atoms with E-state index in [1.54, 1.807) is 38.7 Å². The molecule has 0 saturated carbocycles. The number of ether oxygens (including phenoxy) is 2. The zero-order valence-corrected chi connectivity index (χ0v) is 13.4. The second-order valence-corrected chi connectivity index (χ2v) is 5.51. The van der Waals surface area contributed by atoms with E-state index in [1.165, 1.54) is 0 Å². The van der Waals surface area contributed by atoms with Gasteiger partial charge in [0.15, 0.2) is 0 Å². The first-order valence-corrected chi connectivity index (χ1v) is 7.67.